The van der Waals surface area contributed by atoms with Crippen LogP contribution in [-0.2, 0) is 17.6 Å². The SMILES string of the molecule is N#Cc1c(C2CCCO2)nn2c(C(=O)NC3Cc4ccccc4C3)ccnc12. The molecule has 1 aliphatic carbocycles. The second-order valence-electron chi connectivity index (χ2n) is 7.29. The maximum absolute atomic E-state index is 13.0. The molecule has 3 heterocycles. The second-order valence-corrected chi connectivity index (χ2v) is 7.29. The van der Waals surface area contributed by atoms with Gasteiger partial charge in [-0.2, -0.15) is 10.4 Å². The zero-order chi connectivity index (χ0) is 19.1. The molecule has 0 radical (unpaired) electrons. The van der Waals surface area contributed by atoms with E-state index in [-0.39, 0.29) is 18.1 Å². The normalized spacial score (nSPS) is 18.9. The van der Waals surface area contributed by atoms with Crippen LogP contribution in [0.4, 0.5) is 0 Å². The molecule has 0 bridgehead atoms. The van der Waals surface area contributed by atoms with Crippen molar-refractivity contribution in [3.05, 3.63) is 64.6 Å². The molecule has 2 aromatic heterocycles. The first kappa shape index (κ1) is 16.9. The van der Waals surface area contributed by atoms with Gasteiger partial charge in [-0.3, -0.25) is 4.79 Å². The number of ether oxygens (including phenoxy) is 1. The number of benzene rings is 1. The lowest BCUT2D eigenvalue weighted by molar-refractivity contribution is 0.0929. The van der Waals surface area contributed by atoms with Crippen molar-refractivity contribution in [2.75, 3.05) is 6.61 Å². The van der Waals surface area contributed by atoms with Gasteiger partial charge in [-0.25, -0.2) is 9.50 Å². The van der Waals surface area contributed by atoms with E-state index in [1.165, 1.54) is 15.6 Å². The van der Waals surface area contributed by atoms with Gasteiger partial charge >= 0.3 is 0 Å². The number of aromatic nitrogens is 3. The van der Waals surface area contributed by atoms with Crippen LogP contribution in [0.15, 0.2) is 36.5 Å². The van der Waals surface area contributed by atoms with E-state index >= 15 is 0 Å². The van der Waals surface area contributed by atoms with Crippen molar-refractivity contribution in [2.24, 2.45) is 0 Å². The molecule has 3 aromatic rings. The van der Waals surface area contributed by atoms with Gasteiger partial charge in [0.2, 0.25) is 0 Å². The van der Waals surface area contributed by atoms with Crippen molar-refractivity contribution in [1.29, 1.82) is 5.26 Å². The van der Waals surface area contributed by atoms with Crippen LogP contribution < -0.4 is 5.32 Å². The highest BCUT2D eigenvalue weighted by molar-refractivity contribution is 5.93. The van der Waals surface area contributed by atoms with Crippen LogP contribution in [0.25, 0.3) is 5.65 Å². The number of hydrogen-bond donors (Lipinski definition) is 1. The van der Waals surface area contributed by atoms with Crippen LogP contribution >= 0.6 is 0 Å². The molecule has 0 saturated carbocycles. The van der Waals surface area contributed by atoms with Crippen LogP contribution in [0.5, 0.6) is 0 Å². The minimum atomic E-state index is -0.212. The molecule has 2 aliphatic rings. The lowest BCUT2D eigenvalue weighted by Gasteiger charge is -2.12. The molecule has 1 atom stereocenters. The monoisotopic (exact) mass is 373 g/mol. The average molecular weight is 373 g/mol. The Balaban J connectivity index is 1.46. The molecule has 1 amide bonds. The summed E-state index contributed by atoms with van der Waals surface area (Å²) in [4.78, 5) is 17.3. The Morgan fingerprint density at radius 2 is 2.04 bits per heavy atom. The summed E-state index contributed by atoms with van der Waals surface area (Å²) >= 11 is 0. The summed E-state index contributed by atoms with van der Waals surface area (Å²) in [5.74, 6) is -0.212. The van der Waals surface area contributed by atoms with E-state index in [1.807, 2.05) is 12.1 Å². The minimum Gasteiger partial charge on any atom is -0.372 e. The molecule has 7 nitrogen and oxygen atoms in total. The summed E-state index contributed by atoms with van der Waals surface area (Å²) in [7, 11) is 0. The van der Waals surface area contributed by atoms with E-state index in [0.717, 1.165) is 25.7 Å². The van der Waals surface area contributed by atoms with Crippen molar-refractivity contribution in [3.63, 3.8) is 0 Å². The van der Waals surface area contributed by atoms with Crippen LogP contribution in [0.2, 0.25) is 0 Å². The van der Waals surface area contributed by atoms with Gasteiger partial charge in [-0.1, -0.05) is 24.3 Å². The molecule has 1 unspecified atom stereocenters. The summed E-state index contributed by atoms with van der Waals surface area (Å²) in [5.41, 5.74) is 4.28. The predicted octanol–water partition coefficient (Wildman–Crippen LogP) is 2.35. The highest BCUT2D eigenvalue weighted by Crippen LogP contribution is 2.31. The fourth-order valence-corrected chi connectivity index (χ4v) is 4.18. The third-order valence-electron chi connectivity index (χ3n) is 5.51. The molecule has 7 heteroatoms. The Morgan fingerprint density at radius 1 is 1.25 bits per heavy atom. The summed E-state index contributed by atoms with van der Waals surface area (Å²) in [5, 5.41) is 17.3. The lowest BCUT2D eigenvalue weighted by atomic mass is 10.1. The fourth-order valence-electron chi connectivity index (χ4n) is 4.18. The Kier molecular flexibility index (Phi) is 4.06. The third-order valence-corrected chi connectivity index (χ3v) is 5.51. The molecule has 1 fully saturated rings. The zero-order valence-corrected chi connectivity index (χ0v) is 15.3. The molecule has 5 rings (SSSR count). The van der Waals surface area contributed by atoms with Gasteiger partial charge in [0.25, 0.3) is 5.91 Å². The van der Waals surface area contributed by atoms with Gasteiger partial charge in [-0.05, 0) is 42.9 Å². The third kappa shape index (κ3) is 2.74. The smallest absolute Gasteiger partial charge is 0.270 e. The van der Waals surface area contributed by atoms with Crippen molar-refractivity contribution >= 4 is 11.6 Å². The molecule has 1 saturated heterocycles. The first-order chi connectivity index (χ1) is 13.7. The van der Waals surface area contributed by atoms with E-state index < -0.39 is 0 Å². The Morgan fingerprint density at radius 3 is 2.71 bits per heavy atom. The number of fused-ring (bicyclic) bond motifs is 2. The summed E-state index contributed by atoms with van der Waals surface area (Å²) < 4.78 is 7.18. The van der Waals surface area contributed by atoms with E-state index in [1.54, 1.807) is 12.3 Å². The number of amides is 1. The van der Waals surface area contributed by atoms with Crippen LogP contribution in [-0.4, -0.2) is 33.2 Å². The Bertz CT molecular complexity index is 1080. The lowest BCUT2D eigenvalue weighted by Crippen LogP contribution is -2.36. The molecule has 28 heavy (non-hydrogen) atoms. The molecule has 1 aromatic carbocycles. The van der Waals surface area contributed by atoms with Crippen LogP contribution in [0.1, 0.15) is 51.8 Å². The van der Waals surface area contributed by atoms with Crippen molar-refractivity contribution in [3.8, 4) is 6.07 Å². The predicted molar refractivity (Wildman–Crippen MR) is 101 cm³/mol. The Hall–Kier alpha value is -3.24. The summed E-state index contributed by atoms with van der Waals surface area (Å²) in [6.45, 7) is 0.659. The van der Waals surface area contributed by atoms with Crippen LogP contribution in [0.3, 0.4) is 0 Å². The quantitative estimate of drug-likeness (QED) is 0.761. The maximum atomic E-state index is 13.0. The number of carbonyl (C=O) groups is 1. The van der Waals surface area contributed by atoms with Gasteiger partial charge in [-0.15, -0.1) is 0 Å². The molecule has 1 aliphatic heterocycles. The molecule has 140 valence electrons. The van der Waals surface area contributed by atoms with Gasteiger partial charge < -0.3 is 10.1 Å². The van der Waals surface area contributed by atoms with E-state index in [0.29, 0.717) is 29.2 Å². The number of nitrogens with one attached hydrogen (secondary N) is 1. The summed E-state index contributed by atoms with van der Waals surface area (Å²) in [6, 6.07) is 12.1. The van der Waals surface area contributed by atoms with E-state index in [4.69, 9.17) is 4.74 Å². The fraction of sp³-hybridized carbons (Fsp3) is 0.333. The van der Waals surface area contributed by atoms with E-state index in [9.17, 15) is 10.1 Å². The second kappa shape index (κ2) is 6.73. The number of nitriles is 1. The Labute approximate surface area is 162 Å². The largest absolute Gasteiger partial charge is 0.372 e. The van der Waals surface area contributed by atoms with Crippen molar-refractivity contribution < 1.29 is 9.53 Å². The van der Waals surface area contributed by atoms with Gasteiger partial charge in [0.1, 0.15) is 29.1 Å². The van der Waals surface area contributed by atoms with Gasteiger partial charge in [0.05, 0.1) is 0 Å². The standard InChI is InChI=1S/C21H19N5O2/c22-12-16-19(18-6-3-9-28-18)25-26-17(7-8-23-20(16)26)21(27)24-15-10-13-4-1-2-5-14(13)11-15/h1-2,4-5,7-8,15,18H,3,6,9-11H2,(H,24,27). The minimum absolute atomic E-state index is 0.0525. The van der Waals surface area contributed by atoms with Gasteiger partial charge in [0, 0.05) is 18.8 Å². The highest BCUT2D eigenvalue weighted by Gasteiger charge is 2.29. The van der Waals surface area contributed by atoms with Crippen LogP contribution in [0, 0.1) is 11.3 Å². The summed E-state index contributed by atoms with van der Waals surface area (Å²) in [6.07, 6.45) is 4.73. The first-order valence-corrected chi connectivity index (χ1v) is 9.51. The molecule has 0 spiro atoms. The number of hydrogen-bond acceptors (Lipinski definition) is 5. The van der Waals surface area contributed by atoms with Crippen molar-refractivity contribution in [1.82, 2.24) is 19.9 Å². The molecular weight excluding hydrogens is 354 g/mol. The maximum Gasteiger partial charge on any atom is 0.270 e. The zero-order valence-electron chi connectivity index (χ0n) is 15.3. The van der Waals surface area contributed by atoms with Gasteiger partial charge in [0.15, 0.2) is 5.65 Å². The topological polar surface area (TPSA) is 92.3 Å². The molecular formula is C21H19N5O2. The first-order valence-electron chi connectivity index (χ1n) is 9.51. The molecule has 1 N–H and O–H groups in total. The van der Waals surface area contributed by atoms with Crippen molar-refractivity contribution in [2.45, 2.75) is 37.8 Å². The number of carbonyl (C=O) groups excluding carboxylic acids is 1. The van der Waals surface area contributed by atoms with E-state index in [2.05, 4.69) is 33.6 Å². The number of nitrogens with zero attached hydrogens (tertiary/aromatic N) is 4. The highest BCUT2D eigenvalue weighted by atomic mass is 16.5. The average Bonchev–Trinajstić information content (AvgIpc) is 3.44. The number of rotatable bonds is 3.